The van der Waals surface area contributed by atoms with Crippen LogP contribution in [-0.2, 0) is 9.53 Å². The van der Waals surface area contributed by atoms with E-state index in [1.807, 2.05) is 42.5 Å². The summed E-state index contributed by atoms with van der Waals surface area (Å²) < 4.78 is 18.2. The average molecular weight is 477 g/mol. The highest BCUT2D eigenvalue weighted by atomic mass is 32.1. The fraction of sp³-hybridized carbons (Fsp3) is 0.192. The molecule has 0 N–H and O–H groups in total. The monoisotopic (exact) mass is 476 g/mol. The van der Waals surface area contributed by atoms with Gasteiger partial charge in [0, 0.05) is 5.56 Å². The van der Waals surface area contributed by atoms with E-state index in [4.69, 9.17) is 14.2 Å². The van der Waals surface area contributed by atoms with Crippen molar-refractivity contribution in [3.05, 3.63) is 103 Å². The molecule has 8 heteroatoms. The first-order valence-electron chi connectivity index (χ1n) is 10.6. The summed E-state index contributed by atoms with van der Waals surface area (Å²) in [6.45, 7) is 5.42. The molecule has 0 spiro atoms. The van der Waals surface area contributed by atoms with Crippen molar-refractivity contribution in [3.8, 4) is 11.5 Å². The van der Waals surface area contributed by atoms with Gasteiger partial charge in [-0.2, -0.15) is 0 Å². The third kappa shape index (κ3) is 4.20. The molecule has 0 saturated heterocycles. The molecule has 0 unspecified atom stereocenters. The van der Waals surface area contributed by atoms with Gasteiger partial charge >= 0.3 is 5.97 Å². The van der Waals surface area contributed by atoms with E-state index in [2.05, 4.69) is 11.6 Å². The lowest BCUT2D eigenvalue weighted by atomic mass is 9.96. The Morgan fingerprint density at radius 3 is 2.59 bits per heavy atom. The van der Waals surface area contributed by atoms with Crippen molar-refractivity contribution in [2.45, 2.75) is 13.0 Å². The van der Waals surface area contributed by atoms with Gasteiger partial charge in [-0.3, -0.25) is 9.36 Å². The highest BCUT2D eigenvalue weighted by molar-refractivity contribution is 7.07. The number of methoxy groups -OCH3 is 2. The van der Waals surface area contributed by atoms with Gasteiger partial charge in [-0.05, 0) is 24.6 Å². The number of rotatable bonds is 7. The largest absolute Gasteiger partial charge is 0.493 e. The first-order chi connectivity index (χ1) is 16.5. The Labute approximate surface area is 200 Å². The van der Waals surface area contributed by atoms with Crippen LogP contribution in [0.4, 0.5) is 0 Å². The molecule has 2 heterocycles. The average Bonchev–Trinajstić information content (AvgIpc) is 3.16. The minimum absolute atomic E-state index is 0.0666. The Morgan fingerprint density at radius 2 is 1.91 bits per heavy atom. The maximum absolute atomic E-state index is 13.7. The Morgan fingerprint density at radius 1 is 1.15 bits per heavy atom. The summed E-state index contributed by atoms with van der Waals surface area (Å²) in [5.74, 6) is 0.563. The number of carbonyl (C=O) groups is 1. The Hall–Kier alpha value is -3.91. The molecule has 174 valence electrons. The van der Waals surface area contributed by atoms with E-state index in [1.165, 1.54) is 17.4 Å². The van der Waals surface area contributed by atoms with Gasteiger partial charge in [0.1, 0.15) is 6.61 Å². The zero-order valence-electron chi connectivity index (χ0n) is 19.1. The fourth-order valence-electron chi connectivity index (χ4n) is 3.91. The molecule has 0 amide bonds. The first kappa shape index (κ1) is 23.3. The number of allylic oxidation sites excluding steroid dienone is 1. The van der Waals surface area contributed by atoms with Crippen LogP contribution in [-0.4, -0.2) is 31.4 Å². The standard InChI is InChI=1S/C26H24N2O5S/c1-5-14-33-25(30)21-16(2)27-26-28(22(21)17-10-7-6-8-11-17)24(29)20(34-26)15-18-12-9-13-19(31-3)23(18)32-4/h5-13,15,22H,1,14H2,2-4H3/b20-15+/t22-/m1/s1. The van der Waals surface area contributed by atoms with Crippen LogP contribution in [0.3, 0.4) is 0 Å². The van der Waals surface area contributed by atoms with E-state index in [0.29, 0.717) is 37.7 Å². The van der Waals surface area contributed by atoms with E-state index in [9.17, 15) is 9.59 Å². The second-order valence-electron chi connectivity index (χ2n) is 7.46. The lowest BCUT2D eigenvalue weighted by molar-refractivity contribution is -0.138. The SMILES string of the molecule is C=CCOC(=O)C1=C(C)N=c2s/c(=C/c3cccc(OC)c3OC)c(=O)n2[C@@H]1c1ccccc1. The second-order valence-corrected chi connectivity index (χ2v) is 8.47. The van der Waals surface area contributed by atoms with Crippen molar-refractivity contribution >= 4 is 23.4 Å². The third-order valence-electron chi connectivity index (χ3n) is 5.41. The molecule has 0 bridgehead atoms. The van der Waals surface area contributed by atoms with Crippen LogP contribution >= 0.6 is 11.3 Å². The summed E-state index contributed by atoms with van der Waals surface area (Å²) in [5, 5.41) is 0. The Balaban J connectivity index is 1.94. The first-order valence-corrected chi connectivity index (χ1v) is 11.4. The van der Waals surface area contributed by atoms with Crippen LogP contribution in [0.5, 0.6) is 11.5 Å². The summed E-state index contributed by atoms with van der Waals surface area (Å²) in [4.78, 5) is 31.7. The quantitative estimate of drug-likeness (QED) is 0.387. The van der Waals surface area contributed by atoms with Gasteiger partial charge in [-0.15, -0.1) is 0 Å². The molecular formula is C26H24N2O5S. The summed E-state index contributed by atoms with van der Waals surface area (Å²) >= 11 is 1.25. The Bertz CT molecular complexity index is 1450. The summed E-state index contributed by atoms with van der Waals surface area (Å²) in [6, 6.07) is 14.2. The van der Waals surface area contributed by atoms with Crippen molar-refractivity contribution in [3.63, 3.8) is 0 Å². The predicted molar refractivity (Wildman–Crippen MR) is 131 cm³/mol. The molecule has 0 radical (unpaired) electrons. The molecule has 4 rings (SSSR count). The minimum atomic E-state index is -0.663. The van der Waals surface area contributed by atoms with E-state index in [0.717, 1.165) is 5.56 Å². The van der Waals surface area contributed by atoms with Crippen molar-refractivity contribution < 1.29 is 19.0 Å². The number of hydrogen-bond donors (Lipinski definition) is 0. The maximum atomic E-state index is 13.7. The van der Waals surface area contributed by atoms with E-state index < -0.39 is 12.0 Å². The molecule has 3 aromatic rings. The number of nitrogens with zero attached hydrogens (tertiary/aromatic N) is 2. The van der Waals surface area contributed by atoms with Crippen molar-refractivity contribution in [2.24, 2.45) is 4.99 Å². The third-order valence-corrected chi connectivity index (χ3v) is 6.39. The molecule has 0 fully saturated rings. The number of aromatic nitrogens is 1. The van der Waals surface area contributed by atoms with Gasteiger partial charge in [0.05, 0.1) is 36.1 Å². The molecule has 1 aromatic heterocycles. The van der Waals surface area contributed by atoms with Gasteiger partial charge in [-0.1, -0.05) is 66.5 Å². The van der Waals surface area contributed by atoms with Gasteiger partial charge < -0.3 is 14.2 Å². The Kier molecular flexibility index (Phi) is 6.79. The normalized spacial score (nSPS) is 15.4. The van der Waals surface area contributed by atoms with Gasteiger partial charge in [0.15, 0.2) is 16.3 Å². The topological polar surface area (TPSA) is 79.1 Å². The second kappa shape index (κ2) is 9.93. The summed E-state index contributed by atoms with van der Waals surface area (Å²) in [6.07, 6.45) is 3.25. The predicted octanol–water partition coefficient (Wildman–Crippen LogP) is 2.98. The molecule has 34 heavy (non-hydrogen) atoms. The molecule has 2 aromatic carbocycles. The highest BCUT2D eigenvalue weighted by Crippen LogP contribution is 2.32. The number of ether oxygens (including phenoxy) is 3. The van der Waals surface area contributed by atoms with Crippen LogP contribution in [0.25, 0.3) is 6.08 Å². The molecule has 1 aliphatic heterocycles. The minimum Gasteiger partial charge on any atom is -0.493 e. The van der Waals surface area contributed by atoms with Gasteiger partial charge in [-0.25, -0.2) is 9.79 Å². The molecule has 1 aliphatic rings. The van der Waals surface area contributed by atoms with Gasteiger partial charge in [0.2, 0.25) is 0 Å². The van der Waals surface area contributed by atoms with Crippen LogP contribution in [0.1, 0.15) is 24.1 Å². The van der Waals surface area contributed by atoms with Crippen LogP contribution < -0.4 is 24.4 Å². The number of carbonyl (C=O) groups excluding carboxylic acids is 1. The molecule has 7 nitrogen and oxygen atoms in total. The number of fused-ring (bicyclic) bond motifs is 1. The van der Waals surface area contributed by atoms with Crippen LogP contribution in [0.15, 0.2) is 82.2 Å². The van der Waals surface area contributed by atoms with Crippen LogP contribution in [0, 0.1) is 0 Å². The summed E-state index contributed by atoms with van der Waals surface area (Å²) in [5.41, 5.74) is 2.06. The van der Waals surface area contributed by atoms with E-state index in [-0.39, 0.29) is 12.2 Å². The van der Waals surface area contributed by atoms with Gasteiger partial charge in [0.25, 0.3) is 5.56 Å². The van der Waals surface area contributed by atoms with Crippen molar-refractivity contribution in [2.75, 3.05) is 20.8 Å². The van der Waals surface area contributed by atoms with E-state index in [1.54, 1.807) is 37.9 Å². The molecular weight excluding hydrogens is 452 g/mol. The number of para-hydroxylation sites is 1. The fourth-order valence-corrected chi connectivity index (χ4v) is 4.95. The smallest absolute Gasteiger partial charge is 0.338 e. The van der Waals surface area contributed by atoms with E-state index >= 15 is 0 Å². The van der Waals surface area contributed by atoms with Crippen molar-refractivity contribution in [1.82, 2.24) is 4.57 Å². The number of hydrogen-bond acceptors (Lipinski definition) is 7. The molecule has 1 atom stereocenters. The zero-order chi connectivity index (χ0) is 24.2. The number of benzene rings is 2. The maximum Gasteiger partial charge on any atom is 0.338 e. The molecule has 0 saturated carbocycles. The van der Waals surface area contributed by atoms with Crippen molar-refractivity contribution in [1.29, 1.82) is 0 Å². The number of esters is 1. The lowest BCUT2D eigenvalue weighted by Gasteiger charge is -2.24. The summed E-state index contributed by atoms with van der Waals surface area (Å²) in [7, 11) is 3.11. The highest BCUT2D eigenvalue weighted by Gasteiger charge is 2.33. The lowest BCUT2D eigenvalue weighted by Crippen LogP contribution is -2.39. The zero-order valence-corrected chi connectivity index (χ0v) is 19.9. The van der Waals surface area contributed by atoms with Crippen LogP contribution in [0.2, 0.25) is 0 Å². The molecule has 0 aliphatic carbocycles. The number of thiazole rings is 1.